The normalized spacial score (nSPS) is 10.2. The third-order valence-electron chi connectivity index (χ3n) is 3.64. The van der Waals surface area contributed by atoms with E-state index in [1.165, 1.54) is 39.8 Å². The SMILES string of the molecule is COC(=O)c1sc(NC(=O)Cc2cc(OC)c(OC)c(OC)c2)cc1C. The quantitative estimate of drug-likeness (QED) is 0.745. The monoisotopic (exact) mass is 379 g/mol. The predicted molar refractivity (Wildman–Crippen MR) is 98.8 cm³/mol. The molecule has 0 fully saturated rings. The van der Waals surface area contributed by atoms with Gasteiger partial charge in [0.05, 0.1) is 39.9 Å². The van der Waals surface area contributed by atoms with Crippen molar-refractivity contribution in [3.05, 3.63) is 34.2 Å². The number of carbonyl (C=O) groups excluding carboxylic acids is 2. The van der Waals surface area contributed by atoms with Gasteiger partial charge in [0.25, 0.3) is 0 Å². The average molecular weight is 379 g/mol. The van der Waals surface area contributed by atoms with Gasteiger partial charge in [0.2, 0.25) is 11.7 Å². The Kier molecular flexibility index (Phi) is 6.46. The minimum absolute atomic E-state index is 0.112. The fraction of sp³-hybridized carbons (Fsp3) is 0.333. The Balaban J connectivity index is 2.16. The number of nitrogens with one attached hydrogen (secondary N) is 1. The van der Waals surface area contributed by atoms with Crippen molar-refractivity contribution in [3.8, 4) is 17.2 Å². The molecular weight excluding hydrogens is 358 g/mol. The van der Waals surface area contributed by atoms with Gasteiger partial charge in [-0.25, -0.2) is 4.79 Å². The number of carbonyl (C=O) groups is 2. The first kappa shape index (κ1) is 19.6. The van der Waals surface area contributed by atoms with Gasteiger partial charge in [-0.2, -0.15) is 0 Å². The van der Waals surface area contributed by atoms with Crippen molar-refractivity contribution in [2.24, 2.45) is 0 Å². The number of hydrogen-bond donors (Lipinski definition) is 1. The fourth-order valence-corrected chi connectivity index (χ4v) is 3.45. The van der Waals surface area contributed by atoms with Crippen molar-refractivity contribution in [2.45, 2.75) is 13.3 Å². The van der Waals surface area contributed by atoms with Crippen molar-refractivity contribution in [1.29, 1.82) is 0 Å². The zero-order chi connectivity index (χ0) is 19.3. The van der Waals surface area contributed by atoms with Crippen LogP contribution in [0.25, 0.3) is 0 Å². The molecule has 0 saturated heterocycles. The van der Waals surface area contributed by atoms with Gasteiger partial charge in [-0.15, -0.1) is 11.3 Å². The van der Waals surface area contributed by atoms with E-state index in [9.17, 15) is 9.59 Å². The molecule has 0 aliphatic rings. The smallest absolute Gasteiger partial charge is 0.348 e. The molecule has 0 unspecified atom stereocenters. The number of ether oxygens (including phenoxy) is 4. The number of methoxy groups -OCH3 is 4. The molecule has 0 atom stereocenters. The molecule has 0 saturated carbocycles. The highest BCUT2D eigenvalue weighted by Gasteiger charge is 2.17. The first-order valence-corrected chi connectivity index (χ1v) is 8.52. The summed E-state index contributed by atoms with van der Waals surface area (Å²) in [6, 6.07) is 5.19. The second-order valence-electron chi connectivity index (χ2n) is 5.37. The lowest BCUT2D eigenvalue weighted by Crippen LogP contribution is -2.13. The number of rotatable bonds is 7. The van der Waals surface area contributed by atoms with E-state index >= 15 is 0 Å². The van der Waals surface area contributed by atoms with E-state index in [1.807, 2.05) is 0 Å². The number of aryl methyl sites for hydroxylation is 1. The predicted octanol–water partition coefficient (Wildman–Crippen LogP) is 3.05. The second-order valence-corrected chi connectivity index (χ2v) is 6.43. The van der Waals surface area contributed by atoms with Gasteiger partial charge in [-0.05, 0) is 36.2 Å². The summed E-state index contributed by atoms with van der Waals surface area (Å²) in [5, 5.41) is 3.38. The summed E-state index contributed by atoms with van der Waals surface area (Å²) in [5.41, 5.74) is 1.46. The van der Waals surface area contributed by atoms with Crippen LogP contribution in [0.3, 0.4) is 0 Å². The molecule has 0 aliphatic carbocycles. The van der Waals surface area contributed by atoms with Gasteiger partial charge in [-0.3, -0.25) is 4.79 Å². The van der Waals surface area contributed by atoms with E-state index in [1.54, 1.807) is 25.1 Å². The molecule has 2 aromatic rings. The van der Waals surface area contributed by atoms with Crippen molar-refractivity contribution >= 4 is 28.2 Å². The van der Waals surface area contributed by atoms with Crippen LogP contribution < -0.4 is 19.5 Å². The van der Waals surface area contributed by atoms with Crippen LogP contribution in [0.15, 0.2) is 18.2 Å². The molecule has 26 heavy (non-hydrogen) atoms. The second kappa shape index (κ2) is 8.57. The van der Waals surface area contributed by atoms with Gasteiger partial charge in [-0.1, -0.05) is 0 Å². The van der Waals surface area contributed by atoms with Crippen molar-refractivity contribution < 1.29 is 28.5 Å². The molecule has 7 nitrogen and oxygen atoms in total. The molecule has 8 heteroatoms. The lowest BCUT2D eigenvalue weighted by Gasteiger charge is -2.14. The molecule has 0 spiro atoms. The van der Waals surface area contributed by atoms with Crippen LogP contribution in [0.1, 0.15) is 20.8 Å². The van der Waals surface area contributed by atoms with Crippen LogP contribution >= 0.6 is 11.3 Å². The maximum atomic E-state index is 12.4. The number of anilines is 1. The molecular formula is C18H21NO6S. The van der Waals surface area contributed by atoms with E-state index in [0.29, 0.717) is 32.7 Å². The summed E-state index contributed by atoms with van der Waals surface area (Å²) in [6.07, 6.45) is 0.112. The van der Waals surface area contributed by atoms with Gasteiger partial charge < -0.3 is 24.3 Å². The standard InChI is InChI=1S/C18H21NO6S/c1-10-6-15(26-17(10)18(21)25-5)19-14(20)9-11-7-12(22-2)16(24-4)13(8-11)23-3/h6-8H,9H2,1-5H3,(H,19,20). The van der Waals surface area contributed by atoms with Gasteiger partial charge >= 0.3 is 5.97 Å². The molecule has 140 valence electrons. The zero-order valence-electron chi connectivity index (χ0n) is 15.3. The molecule has 2 rings (SSSR count). The van der Waals surface area contributed by atoms with Gasteiger partial charge in [0.1, 0.15) is 4.88 Å². The number of benzene rings is 1. The van der Waals surface area contributed by atoms with E-state index in [2.05, 4.69) is 5.32 Å². The lowest BCUT2D eigenvalue weighted by atomic mass is 10.1. The highest BCUT2D eigenvalue weighted by atomic mass is 32.1. The summed E-state index contributed by atoms with van der Waals surface area (Å²) >= 11 is 1.18. The summed E-state index contributed by atoms with van der Waals surface area (Å²) in [6.45, 7) is 1.79. The number of thiophene rings is 1. The maximum Gasteiger partial charge on any atom is 0.348 e. The third-order valence-corrected chi connectivity index (χ3v) is 4.77. The average Bonchev–Trinajstić information content (AvgIpc) is 2.99. The number of hydrogen-bond acceptors (Lipinski definition) is 7. The Hall–Kier alpha value is -2.74. The van der Waals surface area contributed by atoms with Crippen LogP contribution in [-0.4, -0.2) is 40.3 Å². The first-order chi connectivity index (χ1) is 12.4. The highest BCUT2D eigenvalue weighted by molar-refractivity contribution is 7.18. The third kappa shape index (κ3) is 4.26. The fourth-order valence-electron chi connectivity index (χ4n) is 2.44. The van der Waals surface area contributed by atoms with Crippen LogP contribution in [0.2, 0.25) is 0 Å². The largest absolute Gasteiger partial charge is 0.493 e. The summed E-state index contributed by atoms with van der Waals surface area (Å²) in [4.78, 5) is 24.5. The number of amides is 1. The summed E-state index contributed by atoms with van der Waals surface area (Å²) in [7, 11) is 5.88. The van der Waals surface area contributed by atoms with E-state index in [-0.39, 0.29) is 12.3 Å². The summed E-state index contributed by atoms with van der Waals surface area (Å²) in [5.74, 6) is 0.787. The van der Waals surface area contributed by atoms with Crippen LogP contribution in [0.4, 0.5) is 5.00 Å². The zero-order valence-corrected chi connectivity index (χ0v) is 16.1. The van der Waals surface area contributed by atoms with E-state index < -0.39 is 5.97 Å². The Morgan fingerprint density at radius 2 is 1.62 bits per heavy atom. The first-order valence-electron chi connectivity index (χ1n) is 7.71. The molecule has 1 N–H and O–H groups in total. The topological polar surface area (TPSA) is 83.1 Å². The van der Waals surface area contributed by atoms with Crippen molar-refractivity contribution in [3.63, 3.8) is 0 Å². The van der Waals surface area contributed by atoms with Gasteiger partial charge in [0, 0.05) is 0 Å². The van der Waals surface area contributed by atoms with Gasteiger partial charge in [0.15, 0.2) is 11.5 Å². The minimum Gasteiger partial charge on any atom is -0.493 e. The highest BCUT2D eigenvalue weighted by Crippen LogP contribution is 2.38. The molecule has 1 aromatic heterocycles. The molecule has 0 aliphatic heterocycles. The van der Waals surface area contributed by atoms with E-state index in [0.717, 1.165) is 5.56 Å². The number of esters is 1. The molecule has 0 bridgehead atoms. The lowest BCUT2D eigenvalue weighted by molar-refractivity contribution is -0.115. The Labute approximate surface area is 155 Å². The molecule has 1 amide bonds. The Bertz CT molecular complexity index is 789. The van der Waals surface area contributed by atoms with E-state index in [4.69, 9.17) is 18.9 Å². The Morgan fingerprint density at radius 3 is 2.12 bits per heavy atom. The molecule has 1 aromatic carbocycles. The molecule has 1 heterocycles. The van der Waals surface area contributed by atoms with Crippen molar-refractivity contribution in [1.82, 2.24) is 0 Å². The van der Waals surface area contributed by atoms with Crippen molar-refractivity contribution in [2.75, 3.05) is 33.8 Å². The van der Waals surface area contributed by atoms with Crippen LogP contribution in [-0.2, 0) is 16.0 Å². The summed E-state index contributed by atoms with van der Waals surface area (Å²) < 4.78 is 20.6. The maximum absolute atomic E-state index is 12.4. The van der Waals surface area contributed by atoms with Crippen LogP contribution in [0, 0.1) is 6.92 Å². The Morgan fingerprint density at radius 1 is 1.00 bits per heavy atom. The minimum atomic E-state index is -0.419. The molecule has 0 radical (unpaired) electrons. The van der Waals surface area contributed by atoms with Crippen LogP contribution in [0.5, 0.6) is 17.2 Å².